The zero-order chi connectivity index (χ0) is 19.5. The van der Waals surface area contributed by atoms with E-state index in [0.29, 0.717) is 10.6 Å². The Balaban J connectivity index is 2.07. The van der Waals surface area contributed by atoms with E-state index in [-0.39, 0.29) is 11.3 Å². The second kappa shape index (κ2) is 7.54. The van der Waals surface area contributed by atoms with Crippen LogP contribution in [0.25, 0.3) is 0 Å². The van der Waals surface area contributed by atoms with Crippen LogP contribution in [0.15, 0.2) is 89.7 Å². The fraction of sp³-hybridized carbons (Fsp3) is 0.174. The van der Waals surface area contributed by atoms with Gasteiger partial charge in [-0.05, 0) is 35.2 Å². The molecule has 0 saturated heterocycles. The fourth-order valence-corrected chi connectivity index (χ4v) is 4.98. The summed E-state index contributed by atoms with van der Waals surface area (Å²) in [6.45, 7) is 6.50. The first-order chi connectivity index (χ1) is 12.8. The lowest BCUT2D eigenvalue weighted by Gasteiger charge is -2.19. The molecule has 0 aliphatic heterocycles. The molecule has 2 N–H and O–H groups in total. The van der Waals surface area contributed by atoms with Gasteiger partial charge in [0.1, 0.15) is 5.84 Å². The van der Waals surface area contributed by atoms with Gasteiger partial charge >= 0.3 is 0 Å². The third-order valence-electron chi connectivity index (χ3n) is 4.51. The van der Waals surface area contributed by atoms with Gasteiger partial charge in [-0.3, -0.25) is 4.57 Å². The smallest absolute Gasteiger partial charge is 0.249 e. The van der Waals surface area contributed by atoms with Gasteiger partial charge < -0.3 is 5.73 Å². The van der Waals surface area contributed by atoms with Crippen LogP contribution in [0.1, 0.15) is 31.9 Å². The first kappa shape index (κ1) is 19.1. The van der Waals surface area contributed by atoms with Crippen LogP contribution in [0.4, 0.5) is 0 Å². The molecule has 0 aromatic heterocycles. The van der Waals surface area contributed by atoms with Crippen LogP contribution in [-0.2, 0) is 9.98 Å². The molecule has 3 aromatic carbocycles. The van der Waals surface area contributed by atoms with Gasteiger partial charge in [-0.1, -0.05) is 81.4 Å². The van der Waals surface area contributed by atoms with Crippen LogP contribution < -0.4 is 16.3 Å². The van der Waals surface area contributed by atoms with Crippen molar-refractivity contribution in [1.82, 2.24) is 0 Å². The maximum Gasteiger partial charge on any atom is 0.249 e. The summed E-state index contributed by atoms with van der Waals surface area (Å²) in [4.78, 5) is 0. The van der Waals surface area contributed by atoms with Gasteiger partial charge in [-0.2, -0.15) is 0 Å². The Hall–Kier alpha value is -2.64. The lowest BCUT2D eigenvalue weighted by molar-refractivity contribution is 0.588. The van der Waals surface area contributed by atoms with Crippen molar-refractivity contribution < 1.29 is 4.57 Å². The lowest BCUT2D eigenvalue weighted by atomic mass is 9.87. The van der Waals surface area contributed by atoms with E-state index in [1.165, 1.54) is 5.56 Å². The van der Waals surface area contributed by atoms with Crippen LogP contribution in [0, 0.1) is 0 Å². The molecule has 0 fully saturated rings. The molecule has 0 unspecified atom stereocenters. The highest BCUT2D eigenvalue weighted by Gasteiger charge is 2.27. The Kier molecular flexibility index (Phi) is 5.34. The van der Waals surface area contributed by atoms with Gasteiger partial charge in [0.15, 0.2) is 0 Å². The minimum absolute atomic E-state index is 0.0633. The number of nitrogens with two attached hydrogens (primary N) is 1. The summed E-state index contributed by atoms with van der Waals surface area (Å²) in [5.41, 5.74) is 8.35. The van der Waals surface area contributed by atoms with E-state index in [1.807, 2.05) is 84.9 Å². The van der Waals surface area contributed by atoms with Crippen molar-refractivity contribution in [2.75, 3.05) is 0 Å². The molecule has 138 valence electrons. The Morgan fingerprint density at radius 2 is 1.22 bits per heavy atom. The monoisotopic (exact) mass is 376 g/mol. The largest absolute Gasteiger partial charge is 0.383 e. The highest BCUT2D eigenvalue weighted by Crippen LogP contribution is 2.45. The molecule has 3 aromatic rings. The average molecular weight is 376 g/mol. The van der Waals surface area contributed by atoms with Crippen LogP contribution >= 0.6 is 7.29 Å². The highest BCUT2D eigenvalue weighted by atomic mass is 31.2. The van der Waals surface area contributed by atoms with Crippen molar-refractivity contribution >= 4 is 23.7 Å². The van der Waals surface area contributed by atoms with E-state index in [0.717, 1.165) is 5.56 Å². The summed E-state index contributed by atoms with van der Waals surface area (Å²) in [6.07, 6.45) is 0. The van der Waals surface area contributed by atoms with E-state index in [1.54, 1.807) is 0 Å². The molecular weight excluding hydrogens is 351 g/mol. The zero-order valence-electron chi connectivity index (χ0n) is 16.0. The molecule has 0 spiro atoms. The van der Waals surface area contributed by atoms with E-state index < -0.39 is 7.29 Å². The molecule has 0 saturated carbocycles. The molecule has 4 heteroatoms. The summed E-state index contributed by atoms with van der Waals surface area (Å²) in [6, 6.07) is 26.6. The first-order valence-electron chi connectivity index (χ1n) is 8.98. The summed E-state index contributed by atoms with van der Waals surface area (Å²) in [5.74, 6) is 0.284. The molecular formula is C23H25N2OP. The molecule has 27 heavy (non-hydrogen) atoms. The second-order valence-corrected chi connectivity index (χ2v) is 9.94. The SMILES string of the molecule is CC(C)(C)c1ccc(C(N)=NP(=O)(c2ccccc2)c2ccccc2)cc1. The van der Waals surface area contributed by atoms with Gasteiger partial charge in [0.25, 0.3) is 0 Å². The molecule has 0 heterocycles. The van der Waals surface area contributed by atoms with Crippen molar-refractivity contribution in [3.8, 4) is 0 Å². The summed E-state index contributed by atoms with van der Waals surface area (Å²) in [5, 5.41) is 1.34. The second-order valence-electron chi connectivity index (χ2n) is 7.56. The van der Waals surface area contributed by atoms with Crippen molar-refractivity contribution in [3.05, 3.63) is 96.1 Å². The molecule has 0 bridgehead atoms. The molecule has 0 aliphatic rings. The van der Waals surface area contributed by atoms with Crippen molar-refractivity contribution in [2.24, 2.45) is 10.5 Å². The average Bonchev–Trinajstić information content (AvgIpc) is 2.68. The van der Waals surface area contributed by atoms with Gasteiger partial charge in [0.2, 0.25) is 7.29 Å². The van der Waals surface area contributed by atoms with Crippen molar-refractivity contribution in [2.45, 2.75) is 26.2 Å². The molecule has 0 amide bonds. The van der Waals surface area contributed by atoms with Crippen molar-refractivity contribution in [1.29, 1.82) is 0 Å². The maximum absolute atomic E-state index is 14.0. The third-order valence-corrected chi connectivity index (χ3v) is 7.00. The topological polar surface area (TPSA) is 55.4 Å². The number of nitrogens with zero attached hydrogens (tertiary/aromatic N) is 1. The standard InChI is InChI=1S/C23H25N2OP/c1-23(2,3)19-16-14-18(15-17-19)22(24)25-27(26,20-10-6-4-7-11-20)21-12-8-5-9-13-21/h4-17H,1-3H3,(H2,24,25,26). The Labute approximate surface area is 161 Å². The number of rotatable bonds is 4. The van der Waals surface area contributed by atoms with Gasteiger partial charge in [0, 0.05) is 16.2 Å². The van der Waals surface area contributed by atoms with E-state index >= 15 is 0 Å². The van der Waals surface area contributed by atoms with Crippen LogP contribution in [-0.4, -0.2) is 5.84 Å². The van der Waals surface area contributed by atoms with E-state index in [2.05, 4.69) is 25.5 Å². The van der Waals surface area contributed by atoms with Gasteiger partial charge in [0.05, 0.1) is 0 Å². The van der Waals surface area contributed by atoms with Crippen LogP contribution in [0.5, 0.6) is 0 Å². The van der Waals surface area contributed by atoms with Crippen molar-refractivity contribution in [3.63, 3.8) is 0 Å². The zero-order valence-corrected chi connectivity index (χ0v) is 16.9. The summed E-state index contributed by atoms with van der Waals surface area (Å²) in [7, 11) is -3.23. The van der Waals surface area contributed by atoms with E-state index in [9.17, 15) is 4.57 Å². The molecule has 0 aliphatic carbocycles. The number of hydrogen-bond acceptors (Lipinski definition) is 1. The first-order valence-corrected chi connectivity index (χ1v) is 10.6. The Morgan fingerprint density at radius 1 is 0.778 bits per heavy atom. The quantitative estimate of drug-likeness (QED) is 0.410. The number of benzene rings is 3. The minimum Gasteiger partial charge on any atom is -0.383 e. The predicted octanol–water partition coefficient (Wildman–Crippen LogP) is 4.62. The Bertz CT molecular complexity index is 929. The normalized spacial score (nSPS) is 12.8. The summed E-state index contributed by atoms with van der Waals surface area (Å²) >= 11 is 0. The molecule has 0 radical (unpaired) electrons. The molecule has 3 nitrogen and oxygen atoms in total. The minimum atomic E-state index is -3.23. The molecule has 0 atom stereocenters. The fourth-order valence-electron chi connectivity index (χ4n) is 2.88. The molecule has 3 rings (SSSR count). The maximum atomic E-state index is 14.0. The van der Waals surface area contributed by atoms with Crippen LogP contribution in [0.2, 0.25) is 0 Å². The highest BCUT2D eigenvalue weighted by molar-refractivity contribution is 7.77. The van der Waals surface area contributed by atoms with Gasteiger partial charge in [-0.15, -0.1) is 0 Å². The van der Waals surface area contributed by atoms with E-state index in [4.69, 9.17) is 5.73 Å². The third kappa shape index (κ3) is 4.20. The van der Waals surface area contributed by atoms with Gasteiger partial charge in [-0.25, -0.2) is 4.76 Å². The van der Waals surface area contributed by atoms with Crippen LogP contribution in [0.3, 0.4) is 0 Å². The summed E-state index contributed by atoms with van der Waals surface area (Å²) < 4.78 is 18.5. The predicted molar refractivity (Wildman–Crippen MR) is 116 cm³/mol. The number of amidine groups is 1. The lowest BCUT2D eigenvalue weighted by Crippen LogP contribution is -2.20. The number of hydrogen-bond donors (Lipinski definition) is 1. The Morgan fingerprint density at radius 3 is 1.63 bits per heavy atom.